The summed E-state index contributed by atoms with van der Waals surface area (Å²) < 4.78 is 52.6. The summed E-state index contributed by atoms with van der Waals surface area (Å²) in [6.07, 6.45) is -1.69. The molecule has 0 N–H and O–H groups in total. The zero-order chi connectivity index (χ0) is 22.1. The second-order valence-corrected chi connectivity index (χ2v) is 9.75. The van der Waals surface area contributed by atoms with Crippen LogP contribution in [0.1, 0.15) is 12.2 Å². The van der Waals surface area contributed by atoms with Crippen LogP contribution in [0.3, 0.4) is 0 Å². The zero-order valence-corrected chi connectivity index (χ0v) is 18.2. The summed E-state index contributed by atoms with van der Waals surface area (Å²) in [4.78, 5) is 20.6. The second kappa shape index (κ2) is 8.94. The van der Waals surface area contributed by atoms with Crippen LogP contribution in [-0.2, 0) is 28.3 Å². The summed E-state index contributed by atoms with van der Waals surface area (Å²) in [6.45, 7) is 1.53. The number of rotatable bonds is 7. The quantitative estimate of drug-likeness (QED) is 0.642. The van der Waals surface area contributed by atoms with Gasteiger partial charge in [0.15, 0.2) is 0 Å². The zero-order valence-electron chi connectivity index (χ0n) is 17.4. The number of carbonyl (C=O) groups is 1. The van der Waals surface area contributed by atoms with Gasteiger partial charge in [-0.25, -0.2) is 26.5 Å². The number of halogens is 2. The predicted octanol–water partition coefficient (Wildman–Crippen LogP) is 1.17. The summed E-state index contributed by atoms with van der Waals surface area (Å²) in [5.41, 5.74) is 1.35. The lowest BCUT2D eigenvalue weighted by atomic mass is 10.2. The van der Waals surface area contributed by atoms with E-state index in [1.54, 1.807) is 21.9 Å². The summed E-state index contributed by atoms with van der Waals surface area (Å²) in [5, 5.41) is 0. The molecule has 11 heteroatoms. The Kier molecular flexibility index (Phi) is 6.73. The Morgan fingerprint density at radius 1 is 1.20 bits per heavy atom. The Bertz CT molecular complexity index is 1010. The standard InChI is InChI=1S/C19H27F2N5O3S/c1-23(2)30(28,29)14-4-5-16-15(12-14)22-18(24(16)3)6-7-19(27)26-10-8-25(9-11-26)13-17(20)21/h4-5,12,17H,6-11,13H2,1-3H3. The Morgan fingerprint density at radius 3 is 2.47 bits per heavy atom. The molecule has 30 heavy (non-hydrogen) atoms. The first-order valence-corrected chi connectivity index (χ1v) is 11.2. The number of carbonyl (C=O) groups excluding carboxylic acids is 1. The van der Waals surface area contributed by atoms with Crippen LogP contribution in [0.2, 0.25) is 0 Å². The molecule has 0 spiro atoms. The highest BCUT2D eigenvalue weighted by Crippen LogP contribution is 2.22. The van der Waals surface area contributed by atoms with Crippen LogP contribution in [0, 0.1) is 0 Å². The molecule has 0 unspecified atom stereocenters. The van der Waals surface area contributed by atoms with E-state index in [1.165, 1.54) is 20.2 Å². The number of aryl methyl sites for hydroxylation is 2. The van der Waals surface area contributed by atoms with E-state index in [1.807, 2.05) is 11.6 Å². The Hall–Kier alpha value is -2.11. The average molecular weight is 444 g/mol. The molecular formula is C19H27F2N5O3S. The molecule has 3 rings (SSSR count). The molecule has 1 saturated heterocycles. The highest BCUT2D eigenvalue weighted by molar-refractivity contribution is 7.89. The molecule has 0 atom stereocenters. The van der Waals surface area contributed by atoms with E-state index in [9.17, 15) is 22.0 Å². The predicted molar refractivity (Wildman–Crippen MR) is 109 cm³/mol. The van der Waals surface area contributed by atoms with Crippen molar-refractivity contribution in [2.75, 3.05) is 46.8 Å². The Morgan fingerprint density at radius 2 is 1.87 bits per heavy atom. The third-order valence-electron chi connectivity index (χ3n) is 5.41. The molecule has 1 aromatic heterocycles. The molecule has 0 bridgehead atoms. The Balaban J connectivity index is 1.65. The van der Waals surface area contributed by atoms with E-state index < -0.39 is 16.4 Å². The first-order chi connectivity index (χ1) is 14.1. The van der Waals surface area contributed by atoms with Crippen molar-refractivity contribution in [1.29, 1.82) is 0 Å². The van der Waals surface area contributed by atoms with Gasteiger partial charge in [0, 0.05) is 60.2 Å². The number of sulfonamides is 1. The number of amides is 1. The van der Waals surface area contributed by atoms with Gasteiger partial charge in [0.05, 0.1) is 22.5 Å². The molecular weight excluding hydrogens is 416 g/mol. The normalized spacial score (nSPS) is 16.2. The van der Waals surface area contributed by atoms with Crippen LogP contribution >= 0.6 is 0 Å². The summed E-state index contributed by atoms with van der Waals surface area (Å²) in [6, 6.07) is 4.80. The van der Waals surface area contributed by atoms with Gasteiger partial charge in [-0.3, -0.25) is 9.69 Å². The molecule has 166 valence electrons. The first-order valence-electron chi connectivity index (χ1n) is 9.75. The van der Waals surface area contributed by atoms with Gasteiger partial charge in [-0.1, -0.05) is 0 Å². The largest absolute Gasteiger partial charge is 0.340 e. The molecule has 1 aromatic carbocycles. The van der Waals surface area contributed by atoms with Crippen LogP contribution in [-0.4, -0.2) is 91.2 Å². The number of hydrogen-bond donors (Lipinski definition) is 0. The number of benzene rings is 1. The highest BCUT2D eigenvalue weighted by atomic mass is 32.2. The fourth-order valence-corrected chi connectivity index (χ4v) is 4.50. The molecule has 2 heterocycles. The van der Waals surface area contributed by atoms with Gasteiger partial charge in [0.1, 0.15) is 5.82 Å². The van der Waals surface area contributed by atoms with Gasteiger partial charge >= 0.3 is 0 Å². The molecule has 1 aliphatic rings. The summed E-state index contributed by atoms with van der Waals surface area (Å²) in [5.74, 6) is 0.656. The lowest BCUT2D eigenvalue weighted by Gasteiger charge is -2.34. The van der Waals surface area contributed by atoms with Crippen LogP contribution in [0.25, 0.3) is 11.0 Å². The minimum Gasteiger partial charge on any atom is -0.340 e. The van der Waals surface area contributed by atoms with Gasteiger partial charge < -0.3 is 9.47 Å². The Labute approximate surface area is 175 Å². The lowest BCUT2D eigenvalue weighted by molar-refractivity contribution is -0.133. The van der Waals surface area contributed by atoms with E-state index >= 15 is 0 Å². The summed E-state index contributed by atoms with van der Waals surface area (Å²) in [7, 11) is 1.23. The van der Waals surface area contributed by atoms with Gasteiger partial charge in [0.25, 0.3) is 6.43 Å². The number of fused-ring (bicyclic) bond motifs is 1. The SMILES string of the molecule is CN(C)S(=O)(=O)c1ccc2c(c1)nc(CCC(=O)N1CCN(CC(F)F)CC1)n2C. The maximum atomic E-state index is 12.5. The molecule has 2 aromatic rings. The monoisotopic (exact) mass is 443 g/mol. The summed E-state index contributed by atoms with van der Waals surface area (Å²) >= 11 is 0. The maximum Gasteiger partial charge on any atom is 0.251 e. The average Bonchev–Trinajstić information content (AvgIpc) is 3.01. The molecule has 8 nitrogen and oxygen atoms in total. The molecule has 0 saturated carbocycles. The van der Waals surface area contributed by atoms with Gasteiger partial charge in [-0.15, -0.1) is 0 Å². The van der Waals surface area contributed by atoms with Crippen molar-refractivity contribution in [2.45, 2.75) is 24.2 Å². The number of nitrogens with zero attached hydrogens (tertiary/aromatic N) is 5. The third kappa shape index (κ3) is 4.79. The van der Waals surface area contributed by atoms with Crippen LogP contribution in [0.5, 0.6) is 0 Å². The van der Waals surface area contributed by atoms with Crippen LogP contribution in [0.15, 0.2) is 23.1 Å². The molecule has 1 aliphatic heterocycles. The van der Waals surface area contributed by atoms with Gasteiger partial charge in [0.2, 0.25) is 15.9 Å². The lowest BCUT2D eigenvalue weighted by Crippen LogP contribution is -2.49. The van der Waals surface area contributed by atoms with Gasteiger partial charge in [-0.05, 0) is 18.2 Å². The number of aromatic nitrogens is 2. The van der Waals surface area contributed by atoms with Crippen molar-refractivity contribution >= 4 is 27.0 Å². The van der Waals surface area contributed by atoms with Crippen molar-refractivity contribution in [2.24, 2.45) is 7.05 Å². The number of alkyl halides is 2. The van der Waals surface area contributed by atoms with Crippen molar-refractivity contribution in [3.8, 4) is 0 Å². The highest BCUT2D eigenvalue weighted by Gasteiger charge is 2.23. The van der Waals surface area contributed by atoms with Crippen molar-refractivity contribution in [3.05, 3.63) is 24.0 Å². The van der Waals surface area contributed by atoms with E-state index in [2.05, 4.69) is 4.98 Å². The molecule has 0 aliphatic carbocycles. The minimum atomic E-state index is -3.55. The maximum absolute atomic E-state index is 12.5. The van der Waals surface area contributed by atoms with Gasteiger partial charge in [-0.2, -0.15) is 0 Å². The topological polar surface area (TPSA) is 78.8 Å². The molecule has 1 fully saturated rings. The van der Waals surface area contributed by atoms with Crippen molar-refractivity contribution in [1.82, 2.24) is 23.7 Å². The fraction of sp³-hybridized carbons (Fsp3) is 0.579. The number of imidazole rings is 1. The minimum absolute atomic E-state index is 0.0328. The third-order valence-corrected chi connectivity index (χ3v) is 7.22. The first kappa shape index (κ1) is 22.6. The number of piperazine rings is 1. The van der Waals surface area contributed by atoms with E-state index in [-0.39, 0.29) is 23.8 Å². The smallest absolute Gasteiger partial charge is 0.251 e. The van der Waals surface area contributed by atoms with E-state index in [0.717, 1.165) is 9.82 Å². The van der Waals surface area contributed by atoms with E-state index in [4.69, 9.17) is 0 Å². The number of hydrogen-bond acceptors (Lipinski definition) is 5. The van der Waals surface area contributed by atoms with Crippen molar-refractivity contribution < 1.29 is 22.0 Å². The fourth-order valence-electron chi connectivity index (χ4n) is 3.58. The van der Waals surface area contributed by atoms with E-state index in [0.29, 0.717) is 43.9 Å². The second-order valence-electron chi connectivity index (χ2n) is 7.60. The molecule has 0 radical (unpaired) electrons. The van der Waals surface area contributed by atoms with Crippen molar-refractivity contribution in [3.63, 3.8) is 0 Å². The molecule has 1 amide bonds. The van der Waals surface area contributed by atoms with Crippen LogP contribution in [0.4, 0.5) is 8.78 Å². The van der Waals surface area contributed by atoms with Crippen LogP contribution < -0.4 is 0 Å².